The Bertz CT molecular complexity index is 810. The van der Waals surface area contributed by atoms with Gasteiger partial charge in [-0.15, -0.1) is 11.3 Å². The number of nitrogens with one attached hydrogen (secondary N) is 1. The Morgan fingerprint density at radius 2 is 2.32 bits per heavy atom. The van der Waals surface area contributed by atoms with E-state index >= 15 is 0 Å². The van der Waals surface area contributed by atoms with Crippen molar-refractivity contribution in [1.29, 1.82) is 0 Å². The van der Waals surface area contributed by atoms with Crippen molar-refractivity contribution in [3.05, 3.63) is 46.4 Å². The zero-order chi connectivity index (χ0) is 19.6. The molecule has 0 unspecified atom stereocenters. The number of fused-ring (bicyclic) bond motifs is 2. The molecule has 0 spiro atoms. The number of benzene rings is 1. The third-order valence-electron chi connectivity index (χ3n) is 6.38. The number of thiazole rings is 1. The van der Waals surface area contributed by atoms with Crippen molar-refractivity contribution in [3.8, 4) is 5.75 Å². The van der Waals surface area contributed by atoms with Crippen molar-refractivity contribution < 1.29 is 9.53 Å². The van der Waals surface area contributed by atoms with Gasteiger partial charge in [-0.25, -0.2) is 4.98 Å². The SMILES string of the molecule is CCCN1[C@@H]2CC[C@H]1[C@@](Cc1cscn1)(C(=O)NCc1cccc(OC)c1)C2. The van der Waals surface area contributed by atoms with Crippen LogP contribution in [0.25, 0.3) is 0 Å². The van der Waals surface area contributed by atoms with Crippen LogP contribution >= 0.6 is 11.3 Å². The average Bonchev–Trinajstić information content (AvgIpc) is 3.43. The first-order valence-electron chi connectivity index (χ1n) is 10.2. The van der Waals surface area contributed by atoms with Gasteiger partial charge in [0.05, 0.1) is 23.7 Å². The van der Waals surface area contributed by atoms with Gasteiger partial charge in [0.15, 0.2) is 0 Å². The van der Waals surface area contributed by atoms with Crippen molar-refractivity contribution in [1.82, 2.24) is 15.2 Å². The Balaban J connectivity index is 1.54. The first-order valence-corrected chi connectivity index (χ1v) is 11.1. The fraction of sp³-hybridized carbons (Fsp3) is 0.545. The van der Waals surface area contributed by atoms with Crippen LogP contribution in [0.2, 0.25) is 0 Å². The van der Waals surface area contributed by atoms with Crippen molar-refractivity contribution in [2.75, 3.05) is 13.7 Å². The predicted octanol–water partition coefficient (Wildman–Crippen LogP) is 3.64. The van der Waals surface area contributed by atoms with Gasteiger partial charge in [0.1, 0.15) is 5.75 Å². The van der Waals surface area contributed by atoms with E-state index < -0.39 is 0 Å². The summed E-state index contributed by atoms with van der Waals surface area (Å²) in [7, 11) is 1.66. The molecule has 28 heavy (non-hydrogen) atoms. The zero-order valence-corrected chi connectivity index (χ0v) is 17.5. The Morgan fingerprint density at radius 3 is 3.07 bits per heavy atom. The lowest BCUT2D eigenvalue weighted by Crippen LogP contribution is -2.50. The number of nitrogens with zero attached hydrogens (tertiary/aromatic N) is 2. The van der Waals surface area contributed by atoms with Crippen LogP contribution in [0.15, 0.2) is 35.2 Å². The van der Waals surface area contributed by atoms with Crippen LogP contribution in [0, 0.1) is 5.41 Å². The summed E-state index contributed by atoms with van der Waals surface area (Å²) in [4.78, 5) is 20.7. The highest BCUT2D eigenvalue weighted by Crippen LogP contribution is 2.51. The maximum absolute atomic E-state index is 13.6. The quantitative estimate of drug-likeness (QED) is 0.736. The molecule has 1 N–H and O–H groups in total. The minimum Gasteiger partial charge on any atom is -0.497 e. The second-order valence-corrected chi connectivity index (χ2v) is 8.75. The fourth-order valence-corrected chi connectivity index (χ4v) is 5.76. The van der Waals surface area contributed by atoms with Gasteiger partial charge in [-0.3, -0.25) is 9.69 Å². The number of amides is 1. The van der Waals surface area contributed by atoms with Crippen LogP contribution in [0.1, 0.15) is 43.9 Å². The normalized spacial score (nSPS) is 26.5. The van der Waals surface area contributed by atoms with Crippen LogP contribution < -0.4 is 10.1 Å². The summed E-state index contributed by atoms with van der Waals surface area (Å²) in [5.41, 5.74) is 3.61. The zero-order valence-electron chi connectivity index (χ0n) is 16.7. The summed E-state index contributed by atoms with van der Waals surface area (Å²) in [5, 5.41) is 5.34. The van der Waals surface area contributed by atoms with E-state index in [9.17, 15) is 4.79 Å². The monoisotopic (exact) mass is 399 g/mol. The Kier molecular flexibility index (Phi) is 5.69. The molecule has 3 heterocycles. The first kappa shape index (κ1) is 19.4. The molecular formula is C22H29N3O2S. The highest BCUT2D eigenvalue weighted by atomic mass is 32.1. The third-order valence-corrected chi connectivity index (χ3v) is 7.02. The molecule has 2 aliphatic heterocycles. The maximum Gasteiger partial charge on any atom is 0.228 e. The summed E-state index contributed by atoms with van der Waals surface area (Å²) < 4.78 is 5.31. The summed E-state index contributed by atoms with van der Waals surface area (Å²) in [6.45, 7) is 3.83. The topological polar surface area (TPSA) is 54.5 Å². The van der Waals surface area contributed by atoms with Gasteiger partial charge in [-0.1, -0.05) is 19.1 Å². The van der Waals surface area contributed by atoms with Gasteiger partial charge in [-0.05, 0) is 49.9 Å². The van der Waals surface area contributed by atoms with Crippen LogP contribution in [0.4, 0.5) is 0 Å². The molecule has 1 aromatic carbocycles. The second-order valence-electron chi connectivity index (χ2n) is 8.04. The molecule has 3 atom stereocenters. The molecule has 1 aromatic heterocycles. The molecule has 2 bridgehead atoms. The minimum atomic E-state index is -0.370. The number of aromatic nitrogens is 1. The van der Waals surface area contributed by atoms with E-state index in [2.05, 4.69) is 27.5 Å². The highest BCUT2D eigenvalue weighted by molar-refractivity contribution is 7.07. The number of methoxy groups -OCH3 is 1. The van der Waals surface area contributed by atoms with E-state index in [0.29, 0.717) is 18.6 Å². The lowest BCUT2D eigenvalue weighted by Gasteiger charge is -2.36. The molecular weight excluding hydrogens is 370 g/mol. The van der Waals surface area contributed by atoms with E-state index in [1.165, 1.54) is 6.42 Å². The highest BCUT2D eigenvalue weighted by Gasteiger charge is 2.59. The number of carbonyl (C=O) groups excluding carboxylic acids is 1. The summed E-state index contributed by atoms with van der Waals surface area (Å²) in [5.74, 6) is 0.995. The minimum absolute atomic E-state index is 0.177. The molecule has 2 saturated heterocycles. The van der Waals surface area contributed by atoms with E-state index in [1.54, 1.807) is 18.4 Å². The summed E-state index contributed by atoms with van der Waals surface area (Å²) in [6, 6.07) is 8.76. The molecule has 4 rings (SSSR count). The van der Waals surface area contributed by atoms with E-state index in [-0.39, 0.29) is 11.3 Å². The molecule has 0 aliphatic carbocycles. The van der Waals surface area contributed by atoms with Gasteiger partial charge in [0, 0.05) is 30.4 Å². The summed E-state index contributed by atoms with van der Waals surface area (Å²) in [6.07, 6.45) is 5.14. The number of hydrogen-bond acceptors (Lipinski definition) is 5. The fourth-order valence-electron chi connectivity index (χ4n) is 5.21. The number of hydrogen-bond donors (Lipinski definition) is 1. The maximum atomic E-state index is 13.6. The molecule has 2 aliphatic rings. The van der Waals surface area contributed by atoms with E-state index in [4.69, 9.17) is 4.74 Å². The molecule has 6 heteroatoms. The Morgan fingerprint density at radius 1 is 1.43 bits per heavy atom. The lowest BCUT2D eigenvalue weighted by atomic mass is 9.70. The molecule has 0 saturated carbocycles. The Hall–Kier alpha value is -1.92. The van der Waals surface area contributed by atoms with Crippen molar-refractivity contribution in [2.45, 2.75) is 57.7 Å². The first-order chi connectivity index (χ1) is 13.7. The van der Waals surface area contributed by atoms with Crippen LogP contribution in [0.3, 0.4) is 0 Å². The average molecular weight is 400 g/mol. The largest absolute Gasteiger partial charge is 0.497 e. The third kappa shape index (κ3) is 3.55. The van der Waals surface area contributed by atoms with Gasteiger partial charge in [0.2, 0.25) is 5.91 Å². The van der Waals surface area contributed by atoms with Crippen LogP contribution in [-0.4, -0.2) is 41.5 Å². The van der Waals surface area contributed by atoms with E-state index in [0.717, 1.165) is 49.2 Å². The molecule has 2 aromatic rings. The van der Waals surface area contributed by atoms with Gasteiger partial charge >= 0.3 is 0 Å². The van der Waals surface area contributed by atoms with E-state index in [1.807, 2.05) is 29.8 Å². The van der Waals surface area contributed by atoms with Crippen LogP contribution in [-0.2, 0) is 17.8 Å². The number of ether oxygens (including phenoxy) is 1. The van der Waals surface area contributed by atoms with Gasteiger partial charge < -0.3 is 10.1 Å². The van der Waals surface area contributed by atoms with Crippen LogP contribution in [0.5, 0.6) is 5.75 Å². The standard InChI is InChI=1S/C22H29N3O2S/c1-3-9-25-18-7-8-20(25)22(12-18,11-17-14-28-15-24-17)21(26)23-13-16-5-4-6-19(10-16)27-2/h4-6,10,14-15,18,20H,3,7-9,11-13H2,1-2H3,(H,23,26)/t18-,20+,22+/m1/s1. The molecule has 150 valence electrons. The molecule has 0 radical (unpaired) electrons. The van der Waals surface area contributed by atoms with Gasteiger partial charge in [0.25, 0.3) is 0 Å². The molecule has 2 fully saturated rings. The molecule has 5 nitrogen and oxygen atoms in total. The Labute approximate surface area is 171 Å². The van der Waals surface area contributed by atoms with Crippen molar-refractivity contribution in [3.63, 3.8) is 0 Å². The second kappa shape index (κ2) is 8.21. The summed E-state index contributed by atoms with van der Waals surface area (Å²) >= 11 is 1.61. The molecule has 1 amide bonds. The number of carbonyl (C=O) groups is 1. The van der Waals surface area contributed by atoms with Gasteiger partial charge in [-0.2, -0.15) is 0 Å². The van der Waals surface area contributed by atoms with Crippen molar-refractivity contribution in [2.24, 2.45) is 5.41 Å². The number of rotatable bonds is 8. The smallest absolute Gasteiger partial charge is 0.228 e. The van der Waals surface area contributed by atoms with Crippen molar-refractivity contribution >= 4 is 17.2 Å². The lowest BCUT2D eigenvalue weighted by molar-refractivity contribution is -0.133. The predicted molar refractivity (Wildman–Crippen MR) is 112 cm³/mol.